The second-order valence-electron chi connectivity index (χ2n) is 4.10. The lowest BCUT2D eigenvalue weighted by Gasteiger charge is -2.06. The van der Waals surface area contributed by atoms with E-state index in [1.54, 1.807) is 19.1 Å². The second kappa shape index (κ2) is 6.67. The fourth-order valence-electron chi connectivity index (χ4n) is 1.55. The highest BCUT2D eigenvalue weighted by atomic mass is 32.2. The van der Waals surface area contributed by atoms with Gasteiger partial charge in [-0.1, -0.05) is 23.2 Å². The third kappa shape index (κ3) is 4.01. The molecule has 0 aliphatic heterocycles. The van der Waals surface area contributed by atoms with Crippen molar-refractivity contribution >= 4 is 26.5 Å². The molecule has 1 aromatic heterocycles. The van der Waals surface area contributed by atoms with E-state index >= 15 is 0 Å². The predicted octanol–water partition coefficient (Wildman–Crippen LogP) is 1.38. The Hall–Kier alpha value is -1.95. The van der Waals surface area contributed by atoms with Crippen LogP contribution in [0, 0.1) is 18.8 Å². The quantitative estimate of drug-likeness (QED) is 0.829. The largest absolute Gasteiger partial charge is 0.395 e. The lowest BCUT2D eigenvalue weighted by molar-refractivity contribution is 0.305. The van der Waals surface area contributed by atoms with Crippen molar-refractivity contribution in [3.63, 3.8) is 0 Å². The van der Waals surface area contributed by atoms with Crippen LogP contribution in [0.15, 0.2) is 28.6 Å². The Kier molecular flexibility index (Phi) is 4.90. The molecule has 1 heterocycles. The maximum absolute atomic E-state index is 12.2. The number of aliphatic hydroxyl groups excluding tert-OH is 1. The van der Waals surface area contributed by atoms with Crippen LogP contribution < -0.4 is 4.72 Å². The van der Waals surface area contributed by atoms with Gasteiger partial charge in [-0.3, -0.25) is 4.72 Å². The van der Waals surface area contributed by atoms with E-state index in [0.717, 1.165) is 22.5 Å². The summed E-state index contributed by atoms with van der Waals surface area (Å²) in [6, 6.07) is 4.68. The molecular weight excluding hydrogens is 310 g/mol. The van der Waals surface area contributed by atoms with Crippen molar-refractivity contribution in [1.29, 1.82) is 0 Å². The normalized spacial score (nSPS) is 10.8. The molecule has 0 fully saturated rings. The maximum atomic E-state index is 12.2. The van der Waals surface area contributed by atoms with E-state index in [-0.39, 0.29) is 16.6 Å². The summed E-state index contributed by atoms with van der Waals surface area (Å²) in [6.07, 6.45) is 0.387. The Morgan fingerprint density at radius 3 is 2.86 bits per heavy atom. The molecule has 0 saturated heterocycles. The van der Waals surface area contributed by atoms with Crippen LogP contribution in [0.3, 0.4) is 0 Å². The van der Waals surface area contributed by atoms with Crippen LogP contribution in [-0.2, 0) is 10.0 Å². The van der Waals surface area contributed by atoms with Gasteiger partial charge in [0.25, 0.3) is 10.0 Å². The average molecular weight is 323 g/mol. The minimum atomic E-state index is -3.68. The minimum Gasteiger partial charge on any atom is -0.395 e. The zero-order valence-electron chi connectivity index (χ0n) is 11.2. The molecule has 21 heavy (non-hydrogen) atoms. The van der Waals surface area contributed by atoms with Gasteiger partial charge >= 0.3 is 0 Å². The summed E-state index contributed by atoms with van der Waals surface area (Å²) in [5.74, 6) is 5.70. The smallest absolute Gasteiger partial charge is 0.263 e. The van der Waals surface area contributed by atoms with Gasteiger partial charge in [0.2, 0.25) is 5.13 Å². The number of hydrogen-bond acceptors (Lipinski definition) is 6. The number of hydrogen-bond donors (Lipinski definition) is 2. The first-order valence-corrected chi connectivity index (χ1v) is 8.38. The number of nitrogens with one attached hydrogen (secondary N) is 1. The number of nitrogens with zero attached hydrogens (tertiary/aromatic N) is 2. The van der Waals surface area contributed by atoms with Crippen molar-refractivity contribution in [2.75, 3.05) is 11.3 Å². The molecule has 1 aromatic carbocycles. The molecule has 6 nitrogen and oxygen atoms in total. The molecule has 0 unspecified atom stereocenters. The van der Waals surface area contributed by atoms with Gasteiger partial charge in [0.1, 0.15) is 5.51 Å². The van der Waals surface area contributed by atoms with Gasteiger partial charge in [0.15, 0.2) is 0 Å². The van der Waals surface area contributed by atoms with Crippen molar-refractivity contribution < 1.29 is 13.5 Å². The number of aromatic nitrogens is 2. The van der Waals surface area contributed by atoms with Crippen molar-refractivity contribution in [2.45, 2.75) is 18.2 Å². The number of anilines is 1. The SMILES string of the molecule is Cc1cc(S(=O)(=O)Nc2nncs2)ccc1C#CCCO. The molecule has 0 radical (unpaired) electrons. The van der Waals surface area contributed by atoms with Gasteiger partial charge in [-0.15, -0.1) is 10.2 Å². The number of rotatable bonds is 4. The first kappa shape index (κ1) is 15.4. The molecular formula is C13H13N3O3S2. The van der Waals surface area contributed by atoms with Crippen molar-refractivity contribution in [3.05, 3.63) is 34.8 Å². The Labute approximate surface area is 126 Å². The Morgan fingerprint density at radius 2 is 2.24 bits per heavy atom. The van der Waals surface area contributed by atoms with E-state index in [4.69, 9.17) is 5.11 Å². The second-order valence-corrected chi connectivity index (χ2v) is 6.62. The van der Waals surface area contributed by atoms with Crippen molar-refractivity contribution in [2.24, 2.45) is 0 Å². The standard InChI is InChI=1S/C13H13N3O3S2/c1-10-8-12(6-5-11(10)4-2-3-7-17)21(18,19)16-13-15-14-9-20-13/h5-6,8-9,17H,3,7H2,1H3,(H,15,16). The van der Waals surface area contributed by atoms with E-state index in [2.05, 4.69) is 26.8 Å². The third-order valence-corrected chi connectivity index (χ3v) is 4.62. The summed E-state index contributed by atoms with van der Waals surface area (Å²) >= 11 is 1.11. The lowest BCUT2D eigenvalue weighted by Crippen LogP contribution is -2.13. The van der Waals surface area contributed by atoms with E-state index in [1.165, 1.54) is 11.6 Å². The summed E-state index contributed by atoms with van der Waals surface area (Å²) < 4.78 is 26.7. The molecule has 0 aliphatic carbocycles. The molecule has 0 saturated carbocycles. The molecule has 0 amide bonds. The van der Waals surface area contributed by atoms with Crippen molar-refractivity contribution in [3.8, 4) is 11.8 Å². The van der Waals surface area contributed by atoms with Crippen LogP contribution in [0.25, 0.3) is 0 Å². The van der Waals surface area contributed by atoms with Crippen LogP contribution >= 0.6 is 11.3 Å². The molecule has 2 rings (SSSR count). The van der Waals surface area contributed by atoms with Gasteiger partial charge in [-0.05, 0) is 30.7 Å². The van der Waals surface area contributed by atoms with Crippen LogP contribution in [0.4, 0.5) is 5.13 Å². The molecule has 0 aliphatic rings. The van der Waals surface area contributed by atoms with E-state index < -0.39 is 10.0 Å². The van der Waals surface area contributed by atoms with Crippen LogP contribution in [0.5, 0.6) is 0 Å². The number of aryl methyl sites for hydroxylation is 1. The zero-order valence-corrected chi connectivity index (χ0v) is 12.8. The van der Waals surface area contributed by atoms with Crippen LogP contribution in [-0.4, -0.2) is 30.3 Å². The van der Waals surface area contributed by atoms with Gasteiger partial charge in [0, 0.05) is 12.0 Å². The molecule has 8 heteroatoms. The summed E-state index contributed by atoms with van der Waals surface area (Å²) in [6.45, 7) is 1.79. The first-order valence-electron chi connectivity index (χ1n) is 6.02. The highest BCUT2D eigenvalue weighted by Gasteiger charge is 2.16. The van der Waals surface area contributed by atoms with E-state index in [0.29, 0.717) is 6.42 Å². The molecule has 2 aromatic rings. The third-order valence-electron chi connectivity index (χ3n) is 2.55. The number of aliphatic hydroxyl groups is 1. The monoisotopic (exact) mass is 323 g/mol. The number of sulfonamides is 1. The topological polar surface area (TPSA) is 92.2 Å². The van der Waals surface area contributed by atoms with Crippen LogP contribution in [0.1, 0.15) is 17.5 Å². The van der Waals surface area contributed by atoms with Gasteiger partial charge in [-0.25, -0.2) is 8.42 Å². The van der Waals surface area contributed by atoms with Gasteiger partial charge in [-0.2, -0.15) is 0 Å². The summed E-state index contributed by atoms with van der Waals surface area (Å²) in [5, 5.41) is 16.1. The average Bonchev–Trinajstić information content (AvgIpc) is 2.93. The molecule has 0 spiro atoms. The molecule has 2 N–H and O–H groups in total. The minimum absolute atomic E-state index is 0.00425. The summed E-state index contributed by atoms with van der Waals surface area (Å²) in [7, 11) is -3.68. The zero-order chi connectivity index (χ0) is 15.3. The van der Waals surface area contributed by atoms with E-state index in [1.807, 2.05) is 0 Å². The van der Waals surface area contributed by atoms with Gasteiger partial charge in [0.05, 0.1) is 11.5 Å². The van der Waals surface area contributed by atoms with Crippen molar-refractivity contribution in [1.82, 2.24) is 10.2 Å². The summed E-state index contributed by atoms with van der Waals surface area (Å²) in [5.41, 5.74) is 2.93. The van der Waals surface area contributed by atoms with E-state index in [9.17, 15) is 8.42 Å². The maximum Gasteiger partial charge on any atom is 0.263 e. The highest BCUT2D eigenvalue weighted by molar-refractivity contribution is 7.93. The van der Waals surface area contributed by atoms with Gasteiger partial charge < -0.3 is 5.11 Å². The molecule has 0 bridgehead atoms. The predicted molar refractivity (Wildman–Crippen MR) is 80.5 cm³/mol. The van der Waals surface area contributed by atoms with Crippen LogP contribution in [0.2, 0.25) is 0 Å². The molecule has 0 atom stereocenters. The number of benzene rings is 1. The lowest BCUT2D eigenvalue weighted by atomic mass is 10.1. The first-order chi connectivity index (χ1) is 10.0. The fourth-order valence-corrected chi connectivity index (χ4v) is 3.33. The molecule has 110 valence electrons. The highest BCUT2D eigenvalue weighted by Crippen LogP contribution is 2.19. The fraction of sp³-hybridized carbons (Fsp3) is 0.231. The Morgan fingerprint density at radius 1 is 1.43 bits per heavy atom. The summed E-state index contributed by atoms with van der Waals surface area (Å²) in [4.78, 5) is 0.142. The Balaban J connectivity index is 2.25. The Bertz CT molecular complexity index is 775.